The summed E-state index contributed by atoms with van der Waals surface area (Å²) in [4.78, 5) is 0. The molecule has 1 unspecified atom stereocenters. The van der Waals surface area contributed by atoms with Gasteiger partial charge in [-0.2, -0.15) is 5.10 Å². The third kappa shape index (κ3) is 5.91. The van der Waals surface area contributed by atoms with Crippen molar-refractivity contribution in [3.63, 3.8) is 0 Å². The molecule has 1 aromatic rings. The van der Waals surface area contributed by atoms with Crippen molar-refractivity contribution >= 4 is 0 Å². The van der Waals surface area contributed by atoms with Gasteiger partial charge in [0.15, 0.2) is 0 Å². The highest BCUT2D eigenvalue weighted by molar-refractivity contribution is 4.78. The van der Waals surface area contributed by atoms with Gasteiger partial charge in [0, 0.05) is 12.4 Å². The maximum absolute atomic E-state index is 9.76. The van der Waals surface area contributed by atoms with Gasteiger partial charge in [0.25, 0.3) is 0 Å². The van der Waals surface area contributed by atoms with Gasteiger partial charge < -0.3 is 5.11 Å². The molecule has 1 N–H and O–H groups in total. The Bertz CT molecular complexity index is 246. The summed E-state index contributed by atoms with van der Waals surface area (Å²) in [6, 6.07) is 1.89. The highest BCUT2D eigenvalue weighted by atomic mass is 16.3. The molecule has 0 aliphatic rings. The molecular weight excluding hydrogens is 200 g/mol. The summed E-state index contributed by atoms with van der Waals surface area (Å²) in [5, 5.41) is 13.8. The Morgan fingerprint density at radius 1 is 1.19 bits per heavy atom. The minimum Gasteiger partial charge on any atom is -0.391 e. The summed E-state index contributed by atoms with van der Waals surface area (Å²) in [7, 11) is 0. The van der Waals surface area contributed by atoms with Gasteiger partial charge in [-0.1, -0.05) is 45.4 Å². The Balaban J connectivity index is 1.96. The summed E-state index contributed by atoms with van der Waals surface area (Å²) < 4.78 is 1.79. The fraction of sp³-hybridized carbons (Fsp3) is 0.769. The zero-order valence-corrected chi connectivity index (χ0v) is 10.3. The van der Waals surface area contributed by atoms with Crippen LogP contribution in [-0.2, 0) is 6.54 Å². The first-order valence-corrected chi connectivity index (χ1v) is 6.48. The van der Waals surface area contributed by atoms with E-state index < -0.39 is 0 Å². The van der Waals surface area contributed by atoms with Crippen molar-refractivity contribution in [3.05, 3.63) is 18.5 Å². The van der Waals surface area contributed by atoms with Gasteiger partial charge in [0.1, 0.15) is 0 Å². The molecule has 0 spiro atoms. The van der Waals surface area contributed by atoms with Gasteiger partial charge in [0.05, 0.1) is 12.6 Å². The molecule has 0 saturated heterocycles. The molecule has 0 saturated carbocycles. The predicted octanol–water partition coefficient (Wildman–Crippen LogP) is 2.99. The number of unbranched alkanes of at least 4 members (excludes halogenated alkanes) is 5. The Kier molecular flexibility index (Phi) is 6.90. The quantitative estimate of drug-likeness (QED) is 0.655. The van der Waals surface area contributed by atoms with Gasteiger partial charge in [-0.05, 0) is 12.5 Å². The molecule has 1 atom stereocenters. The molecule has 0 aliphatic heterocycles. The lowest BCUT2D eigenvalue weighted by Crippen LogP contribution is -2.16. The SMILES string of the molecule is CCCCCCCCC(O)Cn1cccn1. The Labute approximate surface area is 98.5 Å². The van der Waals surface area contributed by atoms with Crippen LogP contribution in [0, 0.1) is 0 Å². The van der Waals surface area contributed by atoms with Crippen LogP contribution in [0.15, 0.2) is 18.5 Å². The van der Waals surface area contributed by atoms with E-state index in [2.05, 4.69) is 12.0 Å². The first-order valence-electron chi connectivity index (χ1n) is 6.48. The van der Waals surface area contributed by atoms with E-state index in [1.54, 1.807) is 10.9 Å². The third-order valence-electron chi connectivity index (χ3n) is 2.85. The van der Waals surface area contributed by atoms with E-state index in [1.807, 2.05) is 12.3 Å². The van der Waals surface area contributed by atoms with E-state index in [0.717, 1.165) is 12.8 Å². The van der Waals surface area contributed by atoms with Crippen molar-refractivity contribution < 1.29 is 5.11 Å². The summed E-state index contributed by atoms with van der Waals surface area (Å²) in [6.45, 7) is 2.86. The largest absolute Gasteiger partial charge is 0.391 e. The van der Waals surface area contributed by atoms with Gasteiger partial charge in [0.2, 0.25) is 0 Å². The van der Waals surface area contributed by atoms with Crippen molar-refractivity contribution in [1.29, 1.82) is 0 Å². The van der Waals surface area contributed by atoms with Crippen LogP contribution in [0.2, 0.25) is 0 Å². The fourth-order valence-corrected chi connectivity index (χ4v) is 1.88. The molecule has 0 aliphatic carbocycles. The molecule has 0 aromatic carbocycles. The number of aromatic nitrogens is 2. The second-order valence-electron chi connectivity index (χ2n) is 4.44. The summed E-state index contributed by atoms with van der Waals surface area (Å²) in [5.41, 5.74) is 0. The lowest BCUT2D eigenvalue weighted by atomic mass is 10.1. The highest BCUT2D eigenvalue weighted by Crippen LogP contribution is 2.09. The average Bonchev–Trinajstić information content (AvgIpc) is 2.76. The minimum atomic E-state index is -0.244. The standard InChI is InChI=1S/C13H24N2O/c1-2-3-4-5-6-7-9-13(16)12-15-11-8-10-14-15/h8,10-11,13,16H,2-7,9,12H2,1H3. The zero-order valence-electron chi connectivity index (χ0n) is 10.3. The smallest absolute Gasteiger partial charge is 0.0736 e. The number of rotatable bonds is 9. The van der Waals surface area contributed by atoms with Crippen LogP contribution in [0.4, 0.5) is 0 Å². The van der Waals surface area contributed by atoms with Crippen LogP contribution in [0.5, 0.6) is 0 Å². The highest BCUT2D eigenvalue weighted by Gasteiger charge is 2.04. The Morgan fingerprint density at radius 2 is 1.94 bits per heavy atom. The molecule has 1 aromatic heterocycles. The van der Waals surface area contributed by atoms with E-state index in [0.29, 0.717) is 6.54 Å². The van der Waals surface area contributed by atoms with Gasteiger partial charge in [-0.25, -0.2) is 0 Å². The topological polar surface area (TPSA) is 38.0 Å². The molecule has 3 nitrogen and oxygen atoms in total. The van der Waals surface area contributed by atoms with Gasteiger partial charge >= 0.3 is 0 Å². The van der Waals surface area contributed by atoms with Crippen LogP contribution >= 0.6 is 0 Å². The van der Waals surface area contributed by atoms with Crippen molar-refractivity contribution in [3.8, 4) is 0 Å². The van der Waals surface area contributed by atoms with E-state index in [1.165, 1.54) is 32.1 Å². The molecule has 0 amide bonds. The normalized spacial score (nSPS) is 12.9. The lowest BCUT2D eigenvalue weighted by molar-refractivity contribution is 0.136. The molecule has 1 heterocycles. The Morgan fingerprint density at radius 3 is 2.62 bits per heavy atom. The van der Waals surface area contributed by atoms with Crippen LogP contribution in [0.1, 0.15) is 51.9 Å². The van der Waals surface area contributed by atoms with Crippen molar-refractivity contribution in [2.45, 2.75) is 64.5 Å². The van der Waals surface area contributed by atoms with E-state index >= 15 is 0 Å². The maximum Gasteiger partial charge on any atom is 0.0736 e. The summed E-state index contributed by atoms with van der Waals surface area (Å²) in [6.07, 6.45) is 12.0. The number of nitrogens with zero attached hydrogens (tertiary/aromatic N) is 2. The molecular formula is C13H24N2O. The maximum atomic E-state index is 9.76. The van der Waals surface area contributed by atoms with Crippen LogP contribution in [-0.4, -0.2) is 21.0 Å². The predicted molar refractivity (Wildman–Crippen MR) is 66.2 cm³/mol. The zero-order chi connectivity index (χ0) is 11.6. The van der Waals surface area contributed by atoms with Crippen LogP contribution in [0.3, 0.4) is 0 Å². The van der Waals surface area contributed by atoms with Crippen molar-refractivity contribution in [1.82, 2.24) is 9.78 Å². The second-order valence-corrected chi connectivity index (χ2v) is 4.44. The van der Waals surface area contributed by atoms with Crippen LogP contribution in [0.25, 0.3) is 0 Å². The average molecular weight is 224 g/mol. The number of aliphatic hydroxyl groups excluding tert-OH is 1. The number of hydrogen-bond acceptors (Lipinski definition) is 2. The molecule has 0 fully saturated rings. The summed E-state index contributed by atoms with van der Waals surface area (Å²) >= 11 is 0. The fourth-order valence-electron chi connectivity index (χ4n) is 1.88. The van der Waals surface area contributed by atoms with Crippen LogP contribution < -0.4 is 0 Å². The molecule has 3 heteroatoms. The first kappa shape index (κ1) is 13.2. The van der Waals surface area contributed by atoms with Crippen molar-refractivity contribution in [2.75, 3.05) is 0 Å². The van der Waals surface area contributed by atoms with Gasteiger partial charge in [-0.15, -0.1) is 0 Å². The second kappa shape index (κ2) is 8.34. The first-order chi connectivity index (χ1) is 7.83. The molecule has 1 rings (SSSR count). The van der Waals surface area contributed by atoms with Gasteiger partial charge in [-0.3, -0.25) is 4.68 Å². The van der Waals surface area contributed by atoms with Crippen molar-refractivity contribution in [2.24, 2.45) is 0 Å². The minimum absolute atomic E-state index is 0.244. The Hall–Kier alpha value is -0.830. The molecule has 16 heavy (non-hydrogen) atoms. The van der Waals surface area contributed by atoms with E-state index in [9.17, 15) is 5.11 Å². The van der Waals surface area contributed by atoms with E-state index in [4.69, 9.17) is 0 Å². The molecule has 0 radical (unpaired) electrons. The monoisotopic (exact) mass is 224 g/mol. The van der Waals surface area contributed by atoms with E-state index in [-0.39, 0.29) is 6.10 Å². The summed E-state index contributed by atoms with van der Waals surface area (Å²) in [5.74, 6) is 0. The number of aliphatic hydroxyl groups is 1. The third-order valence-corrected chi connectivity index (χ3v) is 2.85. The molecule has 92 valence electrons. The number of hydrogen-bond donors (Lipinski definition) is 1. The molecule has 0 bridgehead atoms. The lowest BCUT2D eigenvalue weighted by Gasteiger charge is -2.10.